The van der Waals surface area contributed by atoms with Crippen LogP contribution in [-0.2, 0) is 0 Å². The van der Waals surface area contributed by atoms with Gasteiger partial charge in [0.15, 0.2) is 17.0 Å². The molecule has 0 bridgehead atoms. The monoisotopic (exact) mass is 311 g/mol. The van der Waals surface area contributed by atoms with E-state index in [4.69, 9.17) is 5.73 Å². The number of nitrogen functional groups attached to an aromatic ring is 1. The van der Waals surface area contributed by atoms with Gasteiger partial charge in [-0.25, -0.2) is 15.0 Å². The molecule has 0 aliphatic carbocycles. The number of thiophene rings is 1. The molecule has 0 spiro atoms. The minimum Gasteiger partial charge on any atom is -0.382 e. The van der Waals surface area contributed by atoms with E-state index in [1.165, 1.54) is 12.8 Å². The summed E-state index contributed by atoms with van der Waals surface area (Å²) in [5.41, 5.74) is 7.21. The van der Waals surface area contributed by atoms with Crippen molar-refractivity contribution in [2.75, 3.05) is 5.73 Å². The van der Waals surface area contributed by atoms with Crippen LogP contribution < -0.4 is 5.73 Å². The number of fused-ring (bicyclic) bond motifs is 1. The molecule has 5 nitrogen and oxygen atoms in total. The van der Waals surface area contributed by atoms with E-state index in [0.717, 1.165) is 23.5 Å². The smallest absolute Gasteiger partial charge is 0.208 e. The lowest BCUT2D eigenvalue weighted by molar-refractivity contribution is 0.737. The highest BCUT2D eigenvalue weighted by molar-refractivity contribution is 7.13. The molecule has 3 N–H and O–H groups in total. The van der Waals surface area contributed by atoms with Gasteiger partial charge >= 0.3 is 0 Å². The number of hydrogen-bond acceptors (Lipinski definition) is 5. The van der Waals surface area contributed by atoms with Crippen LogP contribution in [0.2, 0.25) is 0 Å². The standard InChI is InChI=1S/C16H17N5S/c1-2-3-4-5-6-9-12-18-14(17)13-16(19-12)21-15(20-13)11-8-7-10-22-11/h7-8,10H,2-5H2,1H3,(H3,17,18,19,20,21). The second kappa shape index (κ2) is 6.58. The Morgan fingerprint density at radius 1 is 1.27 bits per heavy atom. The highest BCUT2D eigenvalue weighted by Crippen LogP contribution is 2.25. The van der Waals surface area contributed by atoms with E-state index in [2.05, 4.69) is 38.7 Å². The number of unbranched alkanes of at least 4 members (excludes halogenated alkanes) is 3. The van der Waals surface area contributed by atoms with Crippen LogP contribution in [0.5, 0.6) is 0 Å². The Balaban J connectivity index is 1.88. The minimum atomic E-state index is 0.363. The van der Waals surface area contributed by atoms with Crippen LogP contribution in [0.25, 0.3) is 21.9 Å². The van der Waals surface area contributed by atoms with E-state index in [1.54, 1.807) is 11.3 Å². The zero-order chi connectivity index (χ0) is 15.4. The number of anilines is 1. The van der Waals surface area contributed by atoms with Gasteiger partial charge in [0.1, 0.15) is 5.82 Å². The molecule has 0 saturated carbocycles. The van der Waals surface area contributed by atoms with Gasteiger partial charge < -0.3 is 10.7 Å². The number of hydrogen-bond donors (Lipinski definition) is 2. The summed E-state index contributed by atoms with van der Waals surface area (Å²) in [7, 11) is 0. The number of nitrogens with one attached hydrogen (secondary N) is 1. The quantitative estimate of drug-likeness (QED) is 0.570. The van der Waals surface area contributed by atoms with E-state index >= 15 is 0 Å². The lowest BCUT2D eigenvalue weighted by Gasteiger charge is -1.94. The van der Waals surface area contributed by atoms with Crippen molar-refractivity contribution in [3.8, 4) is 22.5 Å². The lowest BCUT2D eigenvalue weighted by Crippen LogP contribution is -1.97. The van der Waals surface area contributed by atoms with E-state index in [-0.39, 0.29) is 0 Å². The molecular weight excluding hydrogens is 294 g/mol. The maximum absolute atomic E-state index is 5.98. The summed E-state index contributed by atoms with van der Waals surface area (Å²) >= 11 is 1.61. The average Bonchev–Trinajstić information content (AvgIpc) is 3.16. The van der Waals surface area contributed by atoms with Crippen molar-refractivity contribution in [3.63, 3.8) is 0 Å². The van der Waals surface area contributed by atoms with Crippen molar-refractivity contribution in [2.45, 2.75) is 32.6 Å². The van der Waals surface area contributed by atoms with Crippen molar-refractivity contribution in [1.29, 1.82) is 0 Å². The van der Waals surface area contributed by atoms with Crippen molar-refractivity contribution < 1.29 is 0 Å². The van der Waals surface area contributed by atoms with Gasteiger partial charge in [-0.2, -0.15) is 0 Å². The summed E-state index contributed by atoms with van der Waals surface area (Å²) in [6.07, 6.45) is 4.35. The van der Waals surface area contributed by atoms with Gasteiger partial charge in [-0.1, -0.05) is 31.8 Å². The van der Waals surface area contributed by atoms with Crippen LogP contribution in [0.15, 0.2) is 17.5 Å². The molecule has 0 aliphatic rings. The van der Waals surface area contributed by atoms with Crippen LogP contribution in [0, 0.1) is 11.8 Å². The summed E-state index contributed by atoms with van der Waals surface area (Å²) in [5, 5.41) is 2.00. The first-order valence-electron chi connectivity index (χ1n) is 7.34. The van der Waals surface area contributed by atoms with Crippen LogP contribution >= 0.6 is 11.3 Å². The predicted octanol–water partition coefficient (Wildman–Crippen LogP) is 3.60. The molecule has 0 radical (unpaired) electrons. The molecule has 0 fully saturated rings. The maximum Gasteiger partial charge on any atom is 0.208 e. The van der Waals surface area contributed by atoms with Gasteiger partial charge in [-0.3, -0.25) is 0 Å². The van der Waals surface area contributed by atoms with Gasteiger partial charge in [-0.05, 0) is 23.8 Å². The summed E-state index contributed by atoms with van der Waals surface area (Å²) in [6.45, 7) is 2.18. The third-order valence-corrected chi connectivity index (χ3v) is 4.11. The zero-order valence-corrected chi connectivity index (χ0v) is 13.2. The molecule has 112 valence electrons. The number of nitrogens with two attached hydrogens (primary N) is 1. The molecule has 3 aromatic heterocycles. The first-order valence-corrected chi connectivity index (χ1v) is 8.22. The highest BCUT2D eigenvalue weighted by atomic mass is 32.1. The lowest BCUT2D eigenvalue weighted by atomic mass is 10.2. The summed E-state index contributed by atoms with van der Waals surface area (Å²) in [6, 6.07) is 3.98. The summed E-state index contributed by atoms with van der Waals surface area (Å²) in [5.74, 6) is 7.66. The normalized spacial score (nSPS) is 10.6. The first kappa shape index (κ1) is 14.5. The Kier molecular flexibility index (Phi) is 4.35. The van der Waals surface area contributed by atoms with Gasteiger partial charge in [0.05, 0.1) is 4.88 Å². The number of rotatable bonds is 4. The average molecular weight is 311 g/mol. The maximum atomic E-state index is 5.98. The Morgan fingerprint density at radius 2 is 2.18 bits per heavy atom. The molecule has 0 aliphatic heterocycles. The SMILES string of the molecule is CCCCCC#Cc1nc(N)c2nc(-c3cccs3)[nH]c2n1. The molecule has 3 heterocycles. The topological polar surface area (TPSA) is 80.5 Å². The molecule has 6 heteroatoms. The molecule has 0 saturated heterocycles. The van der Waals surface area contributed by atoms with Gasteiger partial charge in [0.2, 0.25) is 5.82 Å². The number of aromatic nitrogens is 4. The number of nitrogens with zero attached hydrogens (tertiary/aromatic N) is 3. The minimum absolute atomic E-state index is 0.363. The predicted molar refractivity (Wildman–Crippen MR) is 90.4 cm³/mol. The number of aromatic amines is 1. The Bertz CT molecular complexity index is 823. The van der Waals surface area contributed by atoms with Crippen molar-refractivity contribution in [2.24, 2.45) is 0 Å². The Labute approximate surface area is 133 Å². The molecule has 0 atom stereocenters. The van der Waals surface area contributed by atoms with Crippen molar-refractivity contribution >= 4 is 28.3 Å². The van der Waals surface area contributed by atoms with Gasteiger partial charge in [-0.15, -0.1) is 11.3 Å². The van der Waals surface area contributed by atoms with Gasteiger partial charge in [0, 0.05) is 6.42 Å². The molecule has 0 aromatic carbocycles. The largest absolute Gasteiger partial charge is 0.382 e. The first-order chi connectivity index (χ1) is 10.8. The van der Waals surface area contributed by atoms with E-state index in [1.807, 2.05) is 17.5 Å². The Hall–Kier alpha value is -2.39. The van der Waals surface area contributed by atoms with Gasteiger partial charge in [0.25, 0.3) is 0 Å². The number of H-pyrrole nitrogens is 1. The summed E-state index contributed by atoms with van der Waals surface area (Å²) < 4.78 is 0. The molecule has 22 heavy (non-hydrogen) atoms. The van der Waals surface area contributed by atoms with Crippen LogP contribution in [0.4, 0.5) is 5.82 Å². The fourth-order valence-corrected chi connectivity index (χ4v) is 2.78. The molecular formula is C16H17N5S. The second-order valence-electron chi connectivity index (χ2n) is 4.95. The molecule has 3 aromatic rings. The van der Waals surface area contributed by atoms with Crippen LogP contribution in [0.1, 0.15) is 38.4 Å². The van der Waals surface area contributed by atoms with Crippen molar-refractivity contribution in [3.05, 3.63) is 23.3 Å². The highest BCUT2D eigenvalue weighted by Gasteiger charge is 2.11. The Morgan fingerprint density at radius 3 is 2.95 bits per heavy atom. The van der Waals surface area contributed by atoms with E-state index in [0.29, 0.717) is 22.8 Å². The fraction of sp³-hybridized carbons (Fsp3) is 0.312. The molecule has 0 amide bonds. The van der Waals surface area contributed by atoms with E-state index < -0.39 is 0 Å². The summed E-state index contributed by atoms with van der Waals surface area (Å²) in [4.78, 5) is 17.3. The van der Waals surface area contributed by atoms with Crippen LogP contribution in [-0.4, -0.2) is 19.9 Å². The fourth-order valence-electron chi connectivity index (χ4n) is 2.11. The molecule has 0 unspecified atom stereocenters. The second-order valence-corrected chi connectivity index (χ2v) is 5.90. The third-order valence-electron chi connectivity index (χ3n) is 3.23. The molecule has 3 rings (SSSR count). The third kappa shape index (κ3) is 3.10. The zero-order valence-electron chi connectivity index (χ0n) is 12.4. The van der Waals surface area contributed by atoms with E-state index in [9.17, 15) is 0 Å². The van der Waals surface area contributed by atoms with Crippen molar-refractivity contribution in [1.82, 2.24) is 19.9 Å². The van der Waals surface area contributed by atoms with Crippen LogP contribution in [0.3, 0.4) is 0 Å². The number of imidazole rings is 1.